The zero-order chi connectivity index (χ0) is 29.7. The van der Waals surface area contributed by atoms with E-state index in [4.69, 9.17) is 4.74 Å². The maximum absolute atomic E-state index is 12.3. The predicted molar refractivity (Wildman–Crippen MR) is 158 cm³/mol. The Morgan fingerprint density at radius 1 is 1.27 bits per heavy atom. The summed E-state index contributed by atoms with van der Waals surface area (Å²) in [4.78, 5) is 34.7. The molecule has 2 aromatic carbocycles. The molecule has 4 rings (SSSR count). The van der Waals surface area contributed by atoms with Crippen LogP contribution in [0.15, 0.2) is 42.7 Å². The highest BCUT2D eigenvalue weighted by atomic mass is 16.6. The van der Waals surface area contributed by atoms with Gasteiger partial charge in [0.05, 0.1) is 47.2 Å². The van der Waals surface area contributed by atoms with Gasteiger partial charge in [0.1, 0.15) is 17.5 Å². The highest BCUT2D eigenvalue weighted by molar-refractivity contribution is 5.98. The molecule has 2 aromatic heterocycles. The van der Waals surface area contributed by atoms with E-state index in [-0.39, 0.29) is 29.5 Å². The number of nitrogens with zero attached hydrogens (tertiary/aromatic N) is 6. The summed E-state index contributed by atoms with van der Waals surface area (Å²) in [6.07, 6.45) is 3.64. The number of carbonyl (C=O) groups excluding carboxylic acids is 1. The van der Waals surface area contributed by atoms with Gasteiger partial charge in [0.2, 0.25) is 5.95 Å². The summed E-state index contributed by atoms with van der Waals surface area (Å²) in [5.74, 6) is 0.552. The minimum Gasteiger partial charge on any atom is -0.494 e. The van der Waals surface area contributed by atoms with Crippen LogP contribution in [0, 0.1) is 28.4 Å². The van der Waals surface area contributed by atoms with Crippen LogP contribution in [0.5, 0.6) is 5.75 Å². The molecule has 41 heavy (non-hydrogen) atoms. The number of ketones is 1. The molecule has 0 atom stereocenters. The van der Waals surface area contributed by atoms with Crippen LogP contribution in [0.1, 0.15) is 24.5 Å². The van der Waals surface area contributed by atoms with Gasteiger partial charge in [0.15, 0.2) is 5.78 Å². The van der Waals surface area contributed by atoms with Gasteiger partial charge in [-0.15, -0.1) is 0 Å². The number of nitro groups is 1. The number of hydrogen-bond donors (Lipinski definition) is 2. The van der Waals surface area contributed by atoms with E-state index >= 15 is 0 Å². The standard InChI is InChI=1S/C29H32N8O4/c1-6-20(38)16-36-17-22(21-9-7-8-18(2)28(21)36)27-19(14-30)15-32-29(34-27)33-24-12-25(37(39)40)23(13-26(24)41-5)31-10-11-35(3)4/h7-9,12-13,15,17,31H,6,10-11,16H2,1-5H3,(H,32,33,34). The van der Waals surface area contributed by atoms with Crippen LogP contribution in [0.2, 0.25) is 0 Å². The molecule has 0 amide bonds. The van der Waals surface area contributed by atoms with E-state index < -0.39 is 4.92 Å². The molecule has 0 saturated carbocycles. The molecule has 0 spiro atoms. The minimum absolute atomic E-state index is 0.0793. The first-order chi connectivity index (χ1) is 19.7. The summed E-state index contributed by atoms with van der Waals surface area (Å²) in [5, 5.41) is 28.7. The fourth-order valence-corrected chi connectivity index (χ4v) is 4.55. The minimum atomic E-state index is -0.470. The van der Waals surface area contributed by atoms with Crippen molar-refractivity contribution >= 4 is 39.7 Å². The van der Waals surface area contributed by atoms with Gasteiger partial charge in [-0.1, -0.05) is 25.1 Å². The SMILES string of the molecule is CCC(=O)Cn1cc(-c2nc(Nc3cc([N+](=O)[O-])c(NCCN(C)C)cc3OC)ncc2C#N)c2cccc(C)c21. The van der Waals surface area contributed by atoms with Crippen LogP contribution in [-0.2, 0) is 11.3 Å². The molecule has 0 fully saturated rings. The summed E-state index contributed by atoms with van der Waals surface area (Å²) in [6.45, 7) is 5.18. The van der Waals surface area contributed by atoms with E-state index in [1.165, 1.54) is 19.4 Å². The lowest BCUT2D eigenvalue weighted by Crippen LogP contribution is -2.21. The number of methoxy groups -OCH3 is 1. The van der Waals surface area contributed by atoms with Crippen molar-refractivity contribution in [1.82, 2.24) is 19.4 Å². The van der Waals surface area contributed by atoms with E-state index in [0.29, 0.717) is 47.9 Å². The molecular weight excluding hydrogens is 524 g/mol. The Morgan fingerprint density at radius 3 is 2.71 bits per heavy atom. The van der Waals surface area contributed by atoms with Gasteiger partial charge in [-0.05, 0) is 26.6 Å². The monoisotopic (exact) mass is 556 g/mol. The lowest BCUT2D eigenvalue weighted by Gasteiger charge is -2.15. The number of benzene rings is 2. The maximum atomic E-state index is 12.3. The number of para-hydroxylation sites is 1. The van der Waals surface area contributed by atoms with Crippen molar-refractivity contribution in [3.63, 3.8) is 0 Å². The Kier molecular flexibility index (Phi) is 8.79. The molecule has 4 aromatic rings. The number of nitrogens with one attached hydrogen (secondary N) is 2. The number of hydrogen-bond acceptors (Lipinski definition) is 10. The van der Waals surface area contributed by atoms with Crippen LogP contribution in [0.3, 0.4) is 0 Å². The molecule has 0 aliphatic rings. The molecule has 12 nitrogen and oxygen atoms in total. The number of anilines is 3. The zero-order valence-corrected chi connectivity index (χ0v) is 23.7. The van der Waals surface area contributed by atoms with Gasteiger partial charge in [-0.25, -0.2) is 9.97 Å². The second-order valence-electron chi connectivity index (χ2n) is 9.78. The van der Waals surface area contributed by atoms with Crippen molar-refractivity contribution in [3.8, 4) is 23.1 Å². The second-order valence-corrected chi connectivity index (χ2v) is 9.78. The average Bonchev–Trinajstić information content (AvgIpc) is 3.32. The highest BCUT2D eigenvalue weighted by Gasteiger charge is 2.22. The lowest BCUT2D eigenvalue weighted by atomic mass is 10.0. The van der Waals surface area contributed by atoms with E-state index in [9.17, 15) is 20.2 Å². The molecule has 0 saturated heterocycles. The predicted octanol–water partition coefficient (Wildman–Crippen LogP) is 4.89. The summed E-state index contributed by atoms with van der Waals surface area (Å²) in [5.41, 5.74) is 3.64. The third-order valence-electron chi connectivity index (χ3n) is 6.64. The Morgan fingerprint density at radius 2 is 2.05 bits per heavy atom. The van der Waals surface area contributed by atoms with Crippen molar-refractivity contribution in [2.45, 2.75) is 26.8 Å². The Labute approximate surface area is 237 Å². The van der Waals surface area contributed by atoms with Gasteiger partial charge < -0.3 is 24.8 Å². The van der Waals surface area contributed by atoms with E-state index in [0.717, 1.165) is 16.5 Å². The third-order valence-corrected chi connectivity index (χ3v) is 6.64. The number of nitro benzene ring substituents is 1. The number of carbonyl (C=O) groups is 1. The first kappa shape index (κ1) is 29.0. The first-order valence-corrected chi connectivity index (χ1v) is 13.1. The van der Waals surface area contributed by atoms with Crippen molar-refractivity contribution in [2.24, 2.45) is 0 Å². The van der Waals surface area contributed by atoms with Crippen LogP contribution >= 0.6 is 0 Å². The van der Waals surface area contributed by atoms with E-state index in [2.05, 4.69) is 26.7 Å². The number of aromatic nitrogens is 3. The van der Waals surface area contributed by atoms with Crippen LogP contribution in [0.25, 0.3) is 22.2 Å². The van der Waals surface area contributed by atoms with Crippen LogP contribution in [-0.4, -0.2) is 64.4 Å². The summed E-state index contributed by atoms with van der Waals surface area (Å²) < 4.78 is 7.41. The Hall–Kier alpha value is -5.02. The van der Waals surface area contributed by atoms with Gasteiger partial charge in [-0.2, -0.15) is 5.26 Å². The Bertz CT molecular complexity index is 1660. The molecule has 212 valence electrons. The van der Waals surface area contributed by atoms with Crippen molar-refractivity contribution < 1.29 is 14.5 Å². The largest absolute Gasteiger partial charge is 0.494 e. The molecule has 0 bridgehead atoms. The summed E-state index contributed by atoms with van der Waals surface area (Å²) in [6, 6.07) is 10.9. The normalized spacial score (nSPS) is 11.0. The van der Waals surface area contributed by atoms with Gasteiger partial charge in [-0.3, -0.25) is 14.9 Å². The van der Waals surface area contributed by atoms with Gasteiger partial charge in [0, 0.05) is 48.8 Å². The molecule has 0 aliphatic carbocycles. The van der Waals surface area contributed by atoms with Crippen LogP contribution < -0.4 is 15.4 Å². The van der Waals surface area contributed by atoms with Gasteiger partial charge >= 0.3 is 0 Å². The maximum Gasteiger partial charge on any atom is 0.294 e. The lowest BCUT2D eigenvalue weighted by molar-refractivity contribution is -0.383. The number of nitriles is 1. The second kappa shape index (κ2) is 12.4. The van der Waals surface area contributed by atoms with Crippen molar-refractivity contribution in [2.75, 3.05) is 44.9 Å². The number of fused-ring (bicyclic) bond motifs is 1. The number of rotatable bonds is 12. The molecule has 0 radical (unpaired) electrons. The summed E-state index contributed by atoms with van der Waals surface area (Å²) >= 11 is 0. The smallest absolute Gasteiger partial charge is 0.294 e. The quantitative estimate of drug-likeness (QED) is 0.182. The summed E-state index contributed by atoms with van der Waals surface area (Å²) in [7, 11) is 5.30. The molecule has 0 aliphatic heterocycles. The number of ether oxygens (including phenoxy) is 1. The van der Waals surface area contributed by atoms with E-state index in [1.807, 2.05) is 61.8 Å². The van der Waals surface area contributed by atoms with E-state index in [1.54, 1.807) is 6.07 Å². The van der Waals surface area contributed by atoms with Gasteiger partial charge in [0.25, 0.3) is 5.69 Å². The fourth-order valence-electron chi connectivity index (χ4n) is 4.55. The number of aryl methyl sites for hydroxylation is 1. The molecule has 12 heteroatoms. The molecule has 2 N–H and O–H groups in total. The fraction of sp³-hybridized carbons (Fsp3) is 0.310. The topological polar surface area (TPSA) is 151 Å². The zero-order valence-electron chi connectivity index (χ0n) is 23.7. The Balaban J connectivity index is 1.78. The number of Topliss-reactive ketones (excluding diaryl/α,β-unsaturated/α-hetero) is 1. The van der Waals surface area contributed by atoms with Crippen LogP contribution in [0.4, 0.5) is 23.0 Å². The molecule has 2 heterocycles. The first-order valence-electron chi connectivity index (χ1n) is 13.1. The third kappa shape index (κ3) is 6.26. The molecular formula is C29H32N8O4. The van der Waals surface area contributed by atoms with Crippen molar-refractivity contribution in [1.29, 1.82) is 5.26 Å². The average molecular weight is 557 g/mol. The van der Waals surface area contributed by atoms with Crippen molar-refractivity contribution in [3.05, 3.63) is 64.0 Å². The molecule has 0 unspecified atom stereocenters. The number of likely N-dealkylation sites (N-methyl/N-ethyl adjacent to an activating group) is 1. The highest BCUT2D eigenvalue weighted by Crippen LogP contribution is 2.38.